The van der Waals surface area contributed by atoms with Gasteiger partial charge in [0.2, 0.25) is 0 Å². The first-order valence-corrected chi connectivity index (χ1v) is 8.55. The number of aryl methyl sites for hydroxylation is 2. The Bertz CT molecular complexity index is 788. The van der Waals surface area contributed by atoms with Crippen molar-refractivity contribution in [3.8, 4) is 0 Å². The zero-order chi connectivity index (χ0) is 14.9. The minimum absolute atomic E-state index is 0.547. The molecule has 7 heteroatoms. The van der Waals surface area contributed by atoms with E-state index in [1.54, 1.807) is 11.3 Å². The SMILES string of the molecule is Cc1csc(CCCNc2ccc3nnc(C4CC4)n3n2)n1. The molecule has 0 spiro atoms. The monoisotopic (exact) mass is 314 g/mol. The van der Waals surface area contributed by atoms with Crippen molar-refractivity contribution in [2.45, 2.75) is 38.5 Å². The van der Waals surface area contributed by atoms with E-state index in [1.165, 1.54) is 17.8 Å². The number of aromatic nitrogens is 5. The van der Waals surface area contributed by atoms with E-state index in [1.807, 2.05) is 23.6 Å². The van der Waals surface area contributed by atoms with Crippen molar-refractivity contribution < 1.29 is 0 Å². The Morgan fingerprint density at radius 1 is 1.32 bits per heavy atom. The molecule has 0 unspecified atom stereocenters. The van der Waals surface area contributed by atoms with Crippen LogP contribution in [0.15, 0.2) is 17.5 Å². The van der Waals surface area contributed by atoms with Gasteiger partial charge >= 0.3 is 0 Å². The van der Waals surface area contributed by atoms with Gasteiger partial charge in [0.05, 0.1) is 5.01 Å². The summed E-state index contributed by atoms with van der Waals surface area (Å²) in [5.41, 5.74) is 1.94. The van der Waals surface area contributed by atoms with Crippen LogP contribution in [0.25, 0.3) is 5.65 Å². The summed E-state index contributed by atoms with van der Waals surface area (Å²) < 4.78 is 1.88. The molecule has 3 aromatic heterocycles. The molecule has 1 fully saturated rings. The fourth-order valence-electron chi connectivity index (χ4n) is 2.47. The lowest BCUT2D eigenvalue weighted by atomic mass is 10.3. The van der Waals surface area contributed by atoms with Crippen LogP contribution in [0.4, 0.5) is 5.82 Å². The van der Waals surface area contributed by atoms with Crippen molar-refractivity contribution in [3.05, 3.63) is 34.0 Å². The second-order valence-electron chi connectivity index (χ2n) is 5.73. The molecule has 22 heavy (non-hydrogen) atoms. The van der Waals surface area contributed by atoms with Crippen LogP contribution in [0.5, 0.6) is 0 Å². The van der Waals surface area contributed by atoms with Crippen LogP contribution >= 0.6 is 11.3 Å². The molecular weight excluding hydrogens is 296 g/mol. The highest BCUT2D eigenvalue weighted by Gasteiger charge is 2.29. The van der Waals surface area contributed by atoms with Crippen molar-refractivity contribution in [1.82, 2.24) is 24.8 Å². The van der Waals surface area contributed by atoms with Crippen LogP contribution in [0, 0.1) is 6.92 Å². The zero-order valence-corrected chi connectivity index (χ0v) is 13.3. The Labute approximate surface area is 132 Å². The van der Waals surface area contributed by atoms with E-state index in [0.717, 1.165) is 42.4 Å². The van der Waals surface area contributed by atoms with Gasteiger partial charge in [0.1, 0.15) is 5.82 Å². The highest BCUT2D eigenvalue weighted by Crippen LogP contribution is 2.38. The molecule has 0 aromatic carbocycles. The summed E-state index contributed by atoms with van der Waals surface area (Å²) in [5, 5.41) is 19.7. The first-order chi connectivity index (χ1) is 10.8. The summed E-state index contributed by atoms with van der Waals surface area (Å²) in [7, 11) is 0. The number of nitrogens with one attached hydrogen (secondary N) is 1. The first-order valence-electron chi connectivity index (χ1n) is 7.67. The highest BCUT2D eigenvalue weighted by atomic mass is 32.1. The molecule has 0 saturated heterocycles. The topological polar surface area (TPSA) is 68.0 Å². The summed E-state index contributed by atoms with van der Waals surface area (Å²) >= 11 is 1.74. The van der Waals surface area contributed by atoms with Gasteiger partial charge in [-0.25, -0.2) is 4.98 Å². The smallest absolute Gasteiger partial charge is 0.178 e. The van der Waals surface area contributed by atoms with Gasteiger partial charge in [-0.3, -0.25) is 0 Å². The number of nitrogens with zero attached hydrogens (tertiary/aromatic N) is 5. The maximum absolute atomic E-state index is 4.61. The molecule has 114 valence electrons. The fourth-order valence-corrected chi connectivity index (χ4v) is 3.29. The van der Waals surface area contributed by atoms with Gasteiger partial charge in [-0.2, -0.15) is 4.52 Å². The molecule has 3 aromatic rings. The Morgan fingerprint density at radius 2 is 2.23 bits per heavy atom. The van der Waals surface area contributed by atoms with E-state index < -0.39 is 0 Å². The average molecular weight is 314 g/mol. The number of hydrogen-bond donors (Lipinski definition) is 1. The third kappa shape index (κ3) is 2.81. The van der Waals surface area contributed by atoms with Gasteiger partial charge in [-0.15, -0.1) is 26.6 Å². The second kappa shape index (κ2) is 5.64. The minimum atomic E-state index is 0.547. The molecule has 4 rings (SSSR count). The molecule has 0 aliphatic heterocycles. The van der Waals surface area contributed by atoms with E-state index >= 15 is 0 Å². The molecule has 1 aliphatic rings. The van der Waals surface area contributed by atoms with Crippen molar-refractivity contribution in [1.29, 1.82) is 0 Å². The van der Waals surface area contributed by atoms with Crippen molar-refractivity contribution in [2.24, 2.45) is 0 Å². The number of hydrogen-bond acceptors (Lipinski definition) is 6. The highest BCUT2D eigenvalue weighted by molar-refractivity contribution is 7.09. The molecule has 1 aliphatic carbocycles. The van der Waals surface area contributed by atoms with E-state index in [9.17, 15) is 0 Å². The lowest BCUT2D eigenvalue weighted by molar-refractivity contribution is 0.803. The Balaban J connectivity index is 1.38. The lowest BCUT2D eigenvalue weighted by Gasteiger charge is -2.05. The largest absolute Gasteiger partial charge is 0.369 e. The van der Waals surface area contributed by atoms with Crippen LogP contribution in [0.1, 0.15) is 41.7 Å². The van der Waals surface area contributed by atoms with E-state index in [4.69, 9.17) is 0 Å². The molecule has 1 N–H and O–H groups in total. The molecule has 0 atom stereocenters. The number of rotatable bonds is 6. The van der Waals surface area contributed by atoms with E-state index in [2.05, 4.69) is 31.0 Å². The van der Waals surface area contributed by atoms with Crippen molar-refractivity contribution >= 4 is 22.8 Å². The van der Waals surface area contributed by atoms with Crippen molar-refractivity contribution in [3.63, 3.8) is 0 Å². The molecule has 3 heterocycles. The van der Waals surface area contributed by atoms with Gasteiger partial charge in [0, 0.05) is 30.0 Å². The Kier molecular flexibility index (Phi) is 3.49. The van der Waals surface area contributed by atoms with Crippen molar-refractivity contribution in [2.75, 3.05) is 11.9 Å². The van der Waals surface area contributed by atoms with Crippen LogP contribution < -0.4 is 5.32 Å². The molecule has 1 saturated carbocycles. The van der Waals surface area contributed by atoms with Crippen LogP contribution in [0.3, 0.4) is 0 Å². The molecule has 6 nitrogen and oxygen atoms in total. The van der Waals surface area contributed by atoms with Gasteiger partial charge < -0.3 is 5.32 Å². The van der Waals surface area contributed by atoms with Crippen LogP contribution in [-0.2, 0) is 6.42 Å². The van der Waals surface area contributed by atoms with E-state index in [0.29, 0.717) is 5.92 Å². The fraction of sp³-hybridized carbons (Fsp3) is 0.467. The number of anilines is 1. The standard InChI is InChI=1S/C15H18N6S/c1-10-9-22-14(17-10)3-2-8-16-12-6-7-13-18-19-15(11-4-5-11)21(13)20-12/h6-7,9,11H,2-5,8H2,1H3,(H,16,20). The maximum atomic E-state index is 4.61. The predicted molar refractivity (Wildman–Crippen MR) is 86.4 cm³/mol. The van der Waals surface area contributed by atoms with Gasteiger partial charge in [0.15, 0.2) is 11.5 Å². The summed E-state index contributed by atoms with van der Waals surface area (Å²) in [6.45, 7) is 2.92. The Hall–Kier alpha value is -2.02. The third-order valence-corrected chi connectivity index (χ3v) is 4.80. The second-order valence-corrected chi connectivity index (χ2v) is 6.68. The first kappa shape index (κ1) is 13.6. The molecule has 0 radical (unpaired) electrons. The maximum Gasteiger partial charge on any atom is 0.178 e. The molecule has 0 amide bonds. The predicted octanol–water partition coefficient (Wildman–Crippen LogP) is 2.81. The lowest BCUT2D eigenvalue weighted by Crippen LogP contribution is -2.07. The molecule has 0 bridgehead atoms. The van der Waals surface area contributed by atoms with Gasteiger partial charge in [-0.1, -0.05) is 0 Å². The average Bonchev–Trinajstić information content (AvgIpc) is 3.15. The summed E-state index contributed by atoms with van der Waals surface area (Å²) in [4.78, 5) is 4.48. The number of fused-ring (bicyclic) bond motifs is 1. The van der Waals surface area contributed by atoms with Gasteiger partial charge in [0.25, 0.3) is 0 Å². The zero-order valence-electron chi connectivity index (χ0n) is 12.5. The summed E-state index contributed by atoms with van der Waals surface area (Å²) in [6.07, 6.45) is 4.46. The van der Waals surface area contributed by atoms with Crippen LogP contribution in [-0.4, -0.2) is 31.3 Å². The summed E-state index contributed by atoms with van der Waals surface area (Å²) in [5.74, 6) is 2.42. The number of thiazole rings is 1. The minimum Gasteiger partial charge on any atom is -0.369 e. The van der Waals surface area contributed by atoms with Crippen LogP contribution in [0.2, 0.25) is 0 Å². The quantitative estimate of drug-likeness (QED) is 0.709. The van der Waals surface area contributed by atoms with Gasteiger partial charge in [-0.05, 0) is 38.3 Å². The Morgan fingerprint density at radius 3 is 3.00 bits per heavy atom. The summed E-state index contributed by atoms with van der Waals surface area (Å²) in [6, 6.07) is 3.94. The normalized spacial score (nSPS) is 14.6. The van der Waals surface area contributed by atoms with E-state index in [-0.39, 0.29) is 0 Å². The molecular formula is C15H18N6S. The third-order valence-electron chi connectivity index (χ3n) is 3.77.